The van der Waals surface area contributed by atoms with Crippen molar-refractivity contribution in [3.63, 3.8) is 0 Å². The maximum absolute atomic E-state index is 13.1. The van der Waals surface area contributed by atoms with Gasteiger partial charge in [0.15, 0.2) is 5.78 Å². The number of aliphatic hydroxyl groups is 1. The smallest absolute Gasteiger partial charge is 0.188 e. The van der Waals surface area contributed by atoms with E-state index in [1.165, 1.54) is 38.5 Å². The molecule has 148 valence electrons. The summed E-state index contributed by atoms with van der Waals surface area (Å²) >= 11 is 0. The molecular weight excluding hydrogens is 338 g/mol. The molecule has 5 rings (SSSR count). The van der Waals surface area contributed by atoms with Crippen molar-refractivity contribution in [2.75, 3.05) is 0 Å². The first-order valence-corrected chi connectivity index (χ1v) is 11.0. The zero-order chi connectivity index (χ0) is 18.8. The third-order valence-corrected chi connectivity index (χ3v) is 9.22. The van der Waals surface area contributed by atoms with E-state index in [9.17, 15) is 9.90 Å². The van der Waals surface area contributed by atoms with Gasteiger partial charge in [0.05, 0.1) is 11.8 Å². The van der Waals surface area contributed by atoms with Gasteiger partial charge in [-0.15, -0.1) is 0 Å². The van der Waals surface area contributed by atoms with Crippen LogP contribution in [0, 0.1) is 40.9 Å². The molecule has 1 aromatic heterocycles. The molecule has 4 aliphatic carbocycles. The Labute approximate surface area is 161 Å². The molecule has 2 N–H and O–H groups in total. The number of rotatable bonds is 2. The van der Waals surface area contributed by atoms with Gasteiger partial charge in [-0.3, -0.25) is 4.79 Å². The highest BCUT2D eigenvalue weighted by molar-refractivity contribution is 5.96. The minimum Gasteiger partial charge on any atom is -0.390 e. The van der Waals surface area contributed by atoms with E-state index < -0.39 is 5.60 Å². The summed E-state index contributed by atoms with van der Waals surface area (Å²) in [6, 6.07) is 0. The lowest BCUT2D eigenvalue weighted by Gasteiger charge is -2.56. The lowest BCUT2D eigenvalue weighted by atomic mass is 9.49. The molecule has 1 heterocycles. The number of H-pyrrole nitrogens is 1. The number of nitrogens with zero attached hydrogens (tertiary/aromatic N) is 2. The number of aromatic nitrogens is 3. The lowest BCUT2D eigenvalue weighted by Crippen LogP contribution is -2.51. The molecule has 0 radical (unpaired) electrons. The highest BCUT2D eigenvalue weighted by Gasteiger charge is 2.59. The Morgan fingerprint density at radius 3 is 2.67 bits per heavy atom. The Balaban J connectivity index is 1.37. The highest BCUT2D eigenvalue weighted by atomic mass is 16.3. The van der Waals surface area contributed by atoms with E-state index in [0.717, 1.165) is 37.0 Å². The Morgan fingerprint density at radius 1 is 1.07 bits per heavy atom. The summed E-state index contributed by atoms with van der Waals surface area (Å²) in [4.78, 5) is 13.1. The molecule has 0 aliphatic heterocycles. The second-order valence-corrected chi connectivity index (χ2v) is 10.6. The molecule has 0 amide bonds. The predicted octanol–water partition coefficient (Wildman–Crippen LogP) is 4.01. The first-order chi connectivity index (χ1) is 12.9. The van der Waals surface area contributed by atoms with Gasteiger partial charge in [-0.1, -0.05) is 6.92 Å². The van der Waals surface area contributed by atoms with Crippen molar-refractivity contribution in [3.8, 4) is 0 Å². The number of fused-ring (bicyclic) bond motifs is 5. The van der Waals surface area contributed by atoms with Crippen molar-refractivity contribution >= 4 is 5.78 Å². The minimum absolute atomic E-state index is 0.110. The van der Waals surface area contributed by atoms with Crippen molar-refractivity contribution in [1.82, 2.24) is 15.4 Å². The summed E-state index contributed by atoms with van der Waals surface area (Å²) in [6.07, 6.45) is 12.0. The maximum atomic E-state index is 13.1. The first kappa shape index (κ1) is 17.8. The fourth-order valence-electron chi connectivity index (χ4n) is 8.01. The number of aromatic amines is 1. The van der Waals surface area contributed by atoms with Gasteiger partial charge in [0, 0.05) is 5.92 Å². The summed E-state index contributed by atoms with van der Waals surface area (Å²) in [5.74, 6) is 4.11. The second kappa shape index (κ2) is 6.13. The van der Waals surface area contributed by atoms with Crippen LogP contribution in [0.4, 0.5) is 0 Å². The van der Waals surface area contributed by atoms with Crippen LogP contribution in [0.15, 0.2) is 6.20 Å². The molecule has 0 unspecified atom stereocenters. The van der Waals surface area contributed by atoms with Crippen molar-refractivity contribution in [1.29, 1.82) is 0 Å². The molecule has 0 bridgehead atoms. The fourth-order valence-corrected chi connectivity index (χ4v) is 8.01. The second-order valence-electron chi connectivity index (χ2n) is 10.6. The fraction of sp³-hybridized carbons (Fsp3) is 0.864. The van der Waals surface area contributed by atoms with Gasteiger partial charge in [0.1, 0.15) is 5.69 Å². The number of Topliss-reactive ketones (excluding diaryl/α,β-unsaturated/α-hetero) is 1. The van der Waals surface area contributed by atoms with Crippen LogP contribution in [-0.2, 0) is 0 Å². The average molecular weight is 372 g/mol. The van der Waals surface area contributed by atoms with Crippen molar-refractivity contribution in [2.45, 2.75) is 77.2 Å². The van der Waals surface area contributed by atoms with Crippen molar-refractivity contribution < 1.29 is 9.90 Å². The maximum Gasteiger partial charge on any atom is 0.188 e. The summed E-state index contributed by atoms with van der Waals surface area (Å²) in [7, 11) is 0. The largest absolute Gasteiger partial charge is 0.390 e. The van der Waals surface area contributed by atoms with E-state index in [-0.39, 0.29) is 17.1 Å². The van der Waals surface area contributed by atoms with E-state index in [0.29, 0.717) is 17.5 Å². The molecular formula is C22H33N3O2. The number of nitrogens with one attached hydrogen (secondary N) is 1. The highest BCUT2D eigenvalue weighted by Crippen LogP contribution is 2.64. The molecule has 0 saturated heterocycles. The van der Waals surface area contributed by atoms with E-state index in [4.69, 9.17) is 0 Å². The molecule has 0 aromatic carbocycles. The topological polar surface area (TPSA) is 78.9 Å². The molecule has 5 heteroatoms. The zero-order valence-corrected chi connectivity index (χ0v) is 16.7. The number of carbonyl (C=O) groups is 1. The monoisotopic (exact) mass is 371 g/mol. The molecule has 5 nitrogen and oxygen atoms in total. The van der Waals surface area contributed by atoms with Crippen LogP contribution < -0.4 is 0 Å². The molecule has 4 aliphatic rings. The average Bonchev–Trinajstić information content (AvgIpc) is 3.27. The van der Waals surface area contributed by atoms with Crippen LogP contribution in [0.2, 0.25) is 0 Å². The van der Waals surface area contributed by atoms with E-state index >= 15 is 0 Å². The standard InChI is InChI=1S/C22H33N3O2/c1-21(27)9-7-14-13(11-21)3-4-16-15(14)8-10-22(2)17(16)5-6-18(22)20(26)19-12-23-25-24-19/h12-18,27H,3-11H2,1-2H3,(H,23,24,25)/t13-,14+,15-,16-,17+,18-,21-,22+/m1/s1. The first-order valence-electron chi connectivity index (χ1n) is 11.0. The Morgan fingerprint density at radius 2 is 1.89 bits per heavy atom. The van der Waals surface area contributed by atoms with Gasteiger partial charge < -0.3 is 5.11 Å². The van der Waals surface area contributed by atoms with Crippen LogP contribution in [0.1, 0.15) is 82.1 Å². The van der Waals surface area contributed by atoms with Crippen LogP contribution in [0.25, 0.3) is 0 Å². The summed E-state index contributed by atoms with van der Waals surface area (Å²) < 4.78 is 0. The van der Waals surface area contributed by atoms with Gasteiger partial charge in [-0.2, -0.15) is 15.4 Å². The summed E-state index contributed by atoms with van der Waals surface area (Å²) in [6.45, 7) is 4.42. The minimum atomic E-state index is -0.445. The Hall–Kier alpha value is -1.23. The van der Waals surface area contributed by atoms with Crippen LogP contribution in [-0.4, -0.2) is 31.9 Å². The third-order valence-electron chi connectivity index (χ3n) is 9.22. The molecule has 4 fully saturated rings. The van der Waals surface area contributed by atoms with Gasteiger partial charge in [-0.25, -0.2) is 0 Å². The normalized spacial score (nSPS) is 49.1. The molecule has 4 saturated carbocycles. The Kier molecular flexibility index (Phi) is 4.05. The van der Waals surface area contributed by atoms with Gasteiger partial charge in [-0.05, 0) is 99.7 Å². The summed E-state index contributed by atoms with van der Waals surface area (Å²) in [5.41, 5.74) is 0.200. The number of hydrogen-bond acceptors (Lipinski definition) is 4. The molecule has 1 aromatic rings. The number of hydrogen-bond donors (Lipinski definition) is 2. The van der Waals surface area contributed by atoms with Crippen LogP contribution >= 0.6 is 0 Å². The Bertz CT molecular complexity index is 715. The van der Waals surface area contributed by atoms with E-state index in [2.05, 4.69) is 22.3 Å². The molecule has 8 atom stereocenters. The van der Waals surface area contributed by atoms with Crippen molar-refractivity contribution in [3.05, 3.63) is 11.9 Å². The number of carbonyl (C=O) groups excluding carboxylic acids is 1. The SMILES string of the molecule is C[C@@]1(O)CC[C@H]2[C@H](CC[C@@H]3[C@@H]2CC[C@]2(C)[C@@H](C(=O)c4cn[nH]n4)CC[C@@H]32)C1. The van der Waals surface area contributed by atoms with Gasteiger partial charge >= 0.3 is 0 Å². The van der Waals surface area contributed by atoms with Crippen molar-refractivity contribution in [2.24, 2.45) is 40.9 Å². The zero-order valence-electron chi connectivity index (χ0n) is 16.7. The number of ketones is 1. The molecule has 27 heavy (non-hydrogen) atoms. The van der Waals surface area contributed by atoms with E-state index in [1.54, 1.807) is 6.20 Å². The lowest BCUT2D eigenvalue weighted by molar-refractivity contribution is -0.0976. The van der Waals surface area contributed by atoms with Gasteiger partial charge in [0.25, 0.3) is 0 Å². The predicted molar refractivity (Wildman–Crippen MR) is 102 cm³/mol. The van der Waals surface area contributed by atoms with Gasteiger partial charge in [0.2, 0.25) is 0 Å². The van der Waals surface area contributed by atoms with E-state index in [1.807, 2.05) is 6.92 Å². The summed E-state index contributed by atoms with van der Waals surface area (Å²) in [5, 5.41) is 21.1. The quantitative estimate of drug-likeness (QED) is 0.770. The van der Waals surface area contributed by atoms with Crippen LogP contribution in [0.5, 0.6) is 0 Å². The van der Waals surface area contributed by atoms with Crippen LogP contribution in [0.3, 0.4) is 0 Å². The molecule has 0 spiro atoms. The third kappa shape index (κ3) is 2.72.